The molecule has 0 aliphatic heterocycles. The van der Waals surface area contributed by atoms with Gasteiger partial charge in [-0.1, -0.05) is 71.4 Å². The lowest BCUT2D eigenvalue weighted by molar-refractivity contribution is -0.113. The van der Waals surface area contributed by atoms with Gasteiger partial charge in [-0.25, -0.2) is 4.98 Å². The predicted octanol–water partition coefficient (Wildman–Crippen LogP) is 6.20. The molecule has 0 bridgehead atoms. The molecule has 0 atom stereocenters. The number of benzene rings is 2. The van der Waals surface area contributed by atoms with Crippen molar-refractivity contribution in [3.8, 4) is 17.0 Å². The van der Waals surface area contributed by atoms with E-state index >= 15 is 0 Å². The number of amides is 1. The van der Waals surface area contributed by atoms with Gasteiger partial charge in [-0.3, -0.25) is 9.36 Å². The fraction of sp³-hybridized carbons (Fsp3) is 0.130. The Morgan fingerprint density at radius 1 is 1.21 bits per heavy atom. The Kier molecular flexibility index (Phi) is 8.23. The van der Waals surface area contributed by atoms with Gasteiger partial charge in [0.25, 0.3) is 0 Å². The summed E-state index contributed by atoms with van der Waals surface area (Å²) in [6.07, 6.45) is 1.73. The quantitative estimate of drug-likeness (QED) is 0.193. The van der Waals surface area contributed by atoms with Gasteiger partial charge in [-0.15, -0.1) is 28.1 Å². The molecule has 1 N–H and O–H groups in total. The fourth-order valence-corrected chi connectivity index (χ4v) is 4.77. The first-order valence-corrected chi connectivity index (χ1v) is 12.7. The number of ether oxygens (including phenoxy) is 1. The number of hydrogen-bond donors (Lipinski definition) is 1. The van der Waals surface area contributed by atoms with Gasteiger partial charge in [0.1, 0.15) is 12.4 Å². The molecular weight excluding hydrogens is 513 g/mol. The Morgan fingerprint density at radius 2 is 2.03 bits per heavy atom. The van der Waals surface area contributed by atoms with Gasteiger partial charge in [0.2, 0.25) is 5.91 Å². The third-order valence-electron chi connectivity index (χ3n) is 4.51. The van der Waals surface area contributed by atoms with E-state index in [0.29, 0.717) is 38.5 Å². The second-order valence-corrected chi connectivity index (χ2v) is 9.55. The molecule has 0 saturated heterocycles. The van der Waals surface area contributed by atoms with Crippen LogP contribution in [0.5, 0.6) is 5.75 Å². The molecular formula is C23H19Cl2N5O2S2. The summed E-state index contributed by atoms with van der Waals surface area (Å²) in [5.41, 5.74) is 1.82. The normalized spacial score (nSPS) is 10.8. The third kappa shape index (κ3) is 6.18. The summed E-state index contributed by atoms with van der Waals surface area (Å²) in [5.74, 6) is 0.993. The van der Waals surface area contributed by atoms with Gasteiger partial charge in [0.05, 0.1) is 16.5 Å². The molecule has 174 valence electrons. The first kappa shape index (κ1) is 24.3. The Bertz CT molecular complexity index is 1290. The molecule has 0 saturated carbocycles. The SMILES string of the molecule is C=CCn1c(COc2cc(Cl)ccc2Cl)nnc1SCC(=O)Nc1nc(-c2ccccc2)cs1. The van der Waals surface area contributed by atoms with E-state index in [1.165, 1.54) is 23.1 Å². The van der Waals surface area contributed by atoms with E-state index in [0.717, 1.165) is 11.3 Å². The van der Waals surface area contributed by atoms with Crippen molar-refractivity contribution in [2.75, 3.05) is 11.1 Å². The summed E-state index contributed by atoms with van der Waals surface area (Å²) in [6.45, 7) is 4.39. The lowest BCUT2D eigenvalue weighted by Crippen LogP contribution is -2.15. The number of anilines is 1. The number of halogens is 2. The number of thiazole rings is 1. The van der Waals surface area contributed by atoms with Gasteiger partial charge in [-0.2, -0.15) is 0 Å². The second kappa shape index (κ2) is 11.5. The second-order valence-electron chi connectivity index (χ2n) is 6.90. The molecule has 11 heteroatoms. The van der Waals surface area contributed by atoms with Crippen LogP contribution in [0, 0.1) is 0 Å². The Balaban J connectivity index is 1.36. The monoisotopic (exact) mass is 531 g/mol. The Morgan fingerprint density at radius 3 is 2.82 bits per heavy atom. The van der Waals surface area contributed by atoms with Crippen LogP contribution in [0.3, 0.4) is 0 Å². The largest absolute Gasteiger partial charge is 0.484 e. The van der Waals surface area contributed by atoms with Crippen molar-refractivity contribution in [3.05, 3.63) is 82.4 Å². The summed E-state index contributed by atoms with van der Waals surface area (Å²) in [6, 6.07) is 14.8. The van der Waals surface area contributed by atoms with Crippen molar-refractivity contribution in [3.63, 3.8) is 0 Å². The Labute approximate surface area is 214 Å². The van der Waals surface area contributed by atoms with Gasteiger partial charge in [0.15, 0.2) is 16.1 Å². The molecule has 0 unspecified atom stereocenters. The first-order valence-electron chi connectivity index (χ1n) is 10.1. The third-order valence-corrected chi connectivity index (χ3v) is 6.78. The average Bonchev–Trinajstić information content (AvgIpc) is 3.46. The minimum absolute atomic E-state index is 0.134. The molecule has 1 amide bonds. The zero-order valence-corrected chi connectivity index (χ0v) is 20.9. The number of thioether (sulfide) groups is 1. The predicted molar refractivity (Wildman–Crippen MR) is 138 cm³/mol. The van der Waals surface area contributed by atoms with E-state index < -0.39 is 0 Å². The smallest absolute Gasteiger partial charge is 0.236 e. The molecule has 4 rings (SSSR count). The van der Waals surface area contributed by atoms with Crippen LogP contribution in [0.2, 0.25) is 10.0 Å². The topological polar surface area (TPSA) is 81.9 Å². The minimum Gasteiger partial charge on any atom is -0.484 e. The number of aromatic nitrogens is 4. The molecule has 4 aromatic rings. The molecule has 0 spiro atoms. The molecule has 34 heavy (non-hydrogen) atoms. The van der Waals surface area contributed by atoms with Crippen molar-refractivity contribution >= 4 is 57.3 Å². The average molecular weight is 532 g/mol. The van der Waals surface area contributed by atoms with E-state index in [9.17, 15) is 4.79 Å². The fourth-order valence-electron chi connectivity index (χ4n) is 2.93. The number of allylic oxidation sites excluding steroid dienone is 1. The maximum atomic E-state index is 12.5. The van der Waals surface area contributed by atoms with E-state index in [1.807, 2.05) is 40.3 Å². The van der Waals surface area contributed by atoms with E-state index in [1.54, 1.807) is 24.3 Å². The number of nitrogens with one attached hydrogen (secondary N) is 1. The first-order chi connectivity index (χ1) is 16.5. The number of carbonyl (C=O) groups excluding carboxylic acids is 1. The van der Waals surface area contributed by atoms with Crippen LogP contribution in [0.1, 0.15) is 5.82 Å². The highest BCUT2D eigenvalue weighted by Gasteiger charge is 2.16. The maximum Gasteiger partial charge on any atom is 0.236 e. The minimum atomic E-state index is -0.185. The van der Waals surface area contributed by atoms with Crippen LogP contribution in [0.25, 0.3) is 11.3 Å². The molecule has 7 nitrogen and oxygen atoms in total. The molecule has 0 aliphatic rings. The maximum absolute atomic E-state index is 12.5. The van der Waals surface area contributed by atoms with Gasteiger partial charge >= 0.3 is 0 Å². The summed E-state index contributed by atoms with van der Waals surface area (Å²) in [7, 11) is 0. The highest BCUT2D eigenvalue weighted by Crippen LogP contribution is 2.29. The van der Waals surface area contributed by atoms with Crippen LogP contribution in [-0.2, 0) is 17.9 Å². The van der Waals surface area contributed by atoms with Crippen LogP contribution in [-0.4, -0.2) is 31.4 Å². The van der Waals surface area contributed by atoms with Gasteiger partial charge in [0, 0.05) is 28.6 Å². The molecule has 2 aromatic carbocycles. The van der Waals surface area contributed by atoms with Gasteiger partial charge < -0.3 is 10.1 Å². The van der Waals surface area contributed by atoms with E-state index in [2.05, 4.69) is 27.1 Å². The summed E-state index contributed by atoms with van der Waals surface area (Å²) in [5, 5.41) is 15.2. The van der Waals surface area contributed by atoms with Gasteiger partial charge in [-0.05, 0) is 12.1 Å². The zero-order valence-electron chi connectivity index (χ0n) is 17.8. The molecule has 0 aliphatic carbocycles. The molecule has 2 aromatic heterocycles. The van der Waals surface area contributed by atoms with Crippen LogP contribution >= 0.6 is 46.3 Å². The highest BCUT2D eigenvalue weighted by atomic mass is 35.5. The van der Waals surface area contributed by atoms with Crippen molar-refractivity contribution in [1.29, 1.82) is 0 Å². The number of rotatable bonds is 10. The van der Waals surface area contributed by atoms with Crippen LogP contribution in [0.15, 0.2) is 71.7 Å². The lowest BCUT2D eigenvalue weighted by Gasteiger charge is -2.10. The Hall–Kier alpha value is -2.85. The summed E-state index contributed by atoms with van der Waals surface area (Å²) in [4.78, 5) is 17.0. The molecule has 0 fully saturated rings. The van der Waals surface area contributed by atoms with Crippen molar-refractivity contribution in [2.24, 2.45) is 0 Å². The summed E-state index contributed by atoms with van der Waals surface area (Å²) < 4.78 is 7.61. The number of carbonyl (C=O) groups is 1. The molecule has 2 heterocycles. The van der Waals surface area contributed by atoms with Crippen molar-refractivity contribution < 1.29 is 9.53 Å². The zero-order chi connectivity index (χ0) is 23.9. The van der Waals surface area contributed by atoms with E-state index in [4.69, 9.17) is 27.9 Å². The molecule has 0 radical (unpaired) electrons. The number of nitrogens with zero attached hydrogens (tertiary/aromatic N) is 4. The van der Waals surface area contributed by atoms with Crippen LogP contribution in [0.4, 0.5) is 5.13 Å². The lowest BCUT2D eigenvalue weighted by atomic mass is 10.2. The van der Waals surface area contributed by atoms with Crippen LogP contribution < -0.4 is 10.1 Å². The van der Waals surface area contributed by atoms with Crippen molar-refractivity contribution in [2.45, 2.75) is 18.3 Å². The summed E-state index contributed by atoms with van der Waals surface area (Å²) >= 11 is 14.8. The standard InChI is InChI=1S/C23H19Cl2N5O2S2/c1-2-10-30-20(12-32-19-11-16(24)8-9-17(19)25)28-29-23(30)34-14-21(31)27-22-26-18(13-33-22)15-6-4-3-5-7-15/h2-9,11,13H,1,10,12,14H2,(H,26,27,31). The number of hydrogen-bond acceptors (Lipinski definition) is 7. The van der Waals surface area contributed by atoms with E-state index in [-0.39, 0.29) is 18.3 Å². The van der Waals surface area contributed by atoms with Crippen molar-refractivity contribution in [1.82, 2.24) is 19.7 Å². The highest BCUT2D eigenvalue weighted by molar-refractivity contribution is 7.99.